The molecular formula is C23H43NO3. The maximum atomic E-state index is 8.88. The van der Waals surface area contributed by atoms with Crippen LogP contribution in [0.5, 0.6) is 0 Å². The summed E-state index contributed by atoms with van der Waals surface area (Å²) in [4.78, 5) is 6.63. The Balaban J connectivity index is 1.82. The van der Waals surface area contributed by atoms with E-state index < -0.39 is 0 Å². The van der Waals surface area contributed by atoms with Gasteiger partial charge >= 0.3 is 0 Å². The first-order chi connectivity index (χ1) is 13.3. The average Bonchev–Trinajstić information content (AvgIpc) is 3.04. The van der Waals surface area contributed by atoms with E-state index in [0.717, 1.165) is 32.5 Å². The second kappa shape index (κ2) is 17.4. The number of allylic oxidation sites excluding steroid dienone is 4. The normalized spacial score (nSPS) is 21.1. The lowest BCUT2D eigenvalue weighted by Crippen LogP contribution is -2.29. The number of rotatable bonds is 17. The molecule has 0 spiro atoms. The molecule has 0 saturated carbocycles. The minimum absolute atomic E-state index is 0.0120. The van der Waals surface area contributed by atoms with E-state index in [1.807, 2.05) is 7.05 Å². The molecule has 0 aromatic carbocycles. The van der Waals surface area contributed by atoms with Gasteiger partial charge in [-0.1, -0.05) is 69.8 Å². The van der Waals surface area contributed by atoms with Crippen LogP contribution in [0.4, 0.5) is 0 Å². The maximum Gasteiger partial charge on any atom is 0.133 e. The number of likely N-dealkylation sites (N-methyl/N-ethyl adjacent to an activating group) is 1. The van der Waals surface area contributed by atoms with E-state index in [4.69, 9.17) is 9.99 Å². The van der Waals surface area contributed by atoms with Gasteiger partial charge in [0.15, 0.2) is 0 Å². The van der Waals surface area contributed by atoms with Gasteiger partial charge in [0.05, 0.1) is 0 Å². The van der Waals surface area contributed by atoms with Crippen molar-refractivity contribution in [2.24, 2.45) is 0 Å². The Morgan fingerprint density at radius 1 is 0.815 bits per heavy atom. The van der Waals surface area contributed by atoms with Crippen molar-refractivity contribution in [3.05, 3.63) is 24.3 Å². The molecular weight excluding hydrogens is 338 g/mol. The summed E-state index contributed by atoms with van der Waals surface area (Å²) in [5.41, 5.74) is 0. The molecule has 158 valence electrons. The molecule has 0 aromatic rings. The highest BCUT2D eigenvalue weighted by Gasteiger charge is 2.32. The Morgan fingerprint density at radius 3 is 2.07 bits per heavy atom. The lowest BCUT2D eigenvalue weighted by atomic mass is 10.1. The summed E-state index contributed by atoms with van der Waals surface area (Å²) in [5, 5.41) is 8.88. The molecule has 0 aromatic heterocycles. The third-order valence-corrected chi connectivity index (χ3v) is 5.21. The number of hydrogen-bond donors (Lipinski definition) is 1. The first-order valence-electron chi connectivity index (χ1n) is 11.2. The van der Waals surface area contributed by atoms with Gasteiger partial charge in [0.1, 0.15) is 12.2 Å². The third kappa shape index (κ3) is 13.2. The molecule has 0 bridgehead atoms. The lowest BCUT2D eigenvalue weighted by molar-refractivity contribution is -0.291. The first-order valence-corrected chi connectivity index (χ1v) is 11.2. The van der Waals surface area contributed by atoms with Crippen LogP contribution in [0.2, 0.25) is 0 Å². The quantitative estimate of drug-likeness (QED) is 0.145. The minimum atomic E-state index is -0.195. The predicted octanol–water partition coefficient (Wildman–Crippen LogP) is 5.99. The SMILES string of the molecule is CCCCC/C=C\C/C=C\CCCCCCCCO[C@@H]1CN(C)C[C@@H]1OO. The summed E-state index contributed by atoms with van der Waals surface area (Å²) in [6, 6.07) is 0. The maximum absolute atomic E-state index is 8.88. The summed E-state index contributed by atoms with van der Waals surface area (Å²) in [7, 11) is 2.02. The summed E-state index contributed by atoms with van der Waals surface area (Å²) < 4.78 is 5.85. The minimum Gasteiger partial charge on any atom is -0.374 e. The van der Waals surface area contributed by atoms with Crippen molar-refractivity contribution in [1.29, 1.82) is 0 Å². The standard InChI is InChI=1S/C23H43NO3/c1-3-4-5-6-7-8-9-10-11-12-13-14-15-16-17-18-19-26-22-20-24(2)21-23(22)27-25/h7-8,10-11,22-23,25H,3-6,9,12-21H2,1-2H3/b8-7-,11-10-/t22-,23+/m1/s1. The van der Waals surface area contributed by atoms with Crippen LogP contribution >= 0.6 is 0 Å². The molecule has 1 N–H and O–H groups in total. The molecule has 0 unspecified atom stereocenters. The predicted molar refractivity (Wildman–Crippen MR) is 114 cm³/mol. The average molecular weight is 382 g/mol. The van der Waals surface area contributed by atoms with Gasteiger partial charge < -0.3 is 9.64 Å². The van der Waals surface area contributed by atoms with Crippen molar-refractivity contribution in [2.45, 2.75) is 96.2 Å². The fourth-order valence-electron chi connectivity index (χ4n) is 3.51. The van der Waals surface area contributed by atoms with Crippen LogP contribution in [-0.4, -0.2) is 49.1 Å². The molecule has 1 heterocycles. The summed E-state index contributed by atoms with van der Waals surface area (Å²) >= 11 is 0. The molecule has 2 atom stereocenters. The lowest BCUT2D eigenvalue weighted by Gasteiger charge is -2.16. The van der Waals surface area contributed by atoms with Gasteiger partial charge in [0, 0.05) is 19.7 Å². The summed E-state index contributed by atoms with van der Waals surface area (Å²) in [6.45, 7) is 4.60. The Bertz CT molecular complexity index is 384. The van der Waals surface area contributed by atoms with Crippen molar-refractivity contribution < 1.29 is 14.9 Å². The van der Waals surface area contributed by atoms with E-state index in [1.165, 1.54) is 64.2 Å². The summed E-state index contributed by atoms with van der Waals surface area (Å²) in [6.07, 6.45) is 24.2. The molecule has 1 aliphatic heterocycles. The van der Waals surface area contributed by atoms with Crippen LogP contribution in [0.15, 0.2) is 24.3 Å². The molecule has 1 aliphatic rings. The van der Waals surface area contributed by atoms with Gasteiger partial charge in [-0.25, -0.2) is 4.89 Å². The van der Waals surface area contributed by atoms with Crippen LogP contribution in [0, 0.1) is 0 Å². The molecule has 0 amide bonds. The molecule has 27 heavy (non-hydrogen) atoms. The molecule has 4 nitrogen and oxygen atoms in total. The zero-order valence-electron chi connectivity index (χ0n) is 17.8. The van der Waals surface area contributed by atoms with E-state index in [-0.39, 0.29) is 12.2 Å². The molecule has 1 saturated heterocycles. The molecule has 0 radical (unpaired) electrons. The number of likely N-dealkylation sites (tertiary alicyclic amines) is 1. The largest absolute Gasteiger partial charge is 0.374 e. The number of ether oxygens (including phenoxy) is 1. The molecule has 4 heteroatoms. The highest BCUT2D eigenvalue weighted by molar-refractivity contribution is 4.92. The number of hydrogen-bond acceptors (Lipinski definition) is 4. The van der Waals surface area contributed by atoms with Gasteiger partial charge in [-0.05, 0) is 45.6 Å². The fourth-order valence-corrected chi connectivity index (χ4v) is 3.51. The van der Waals surface area contributed by atoms with Gasteiger partial charge in [0.25, 0.3) is 0 Å². The zero-order valence-corrected chi connectivity index (χ0v) is 17.8. The van der Waals surface area contributed by atoms with Gasteiger partial charge in [-0.3, -0.25) is 5.26 Å². The van der Waals surface area contributed by atoms with Crippen molar-refractivity contribution in [2.75, 3.05) is 26.7 Å². The first kappa shape index (κ1) is 24.4. The molecule has 1 rings (SSSR count). The Morgan fingerprint density at radius 2 is 1.41 bits per heavy atom. The van der Waals surface area contributed by atoms with Crippen molar-refractivity contribution in [3.8, 4) is 0 Å². The van der Waals surface area contributed by atoms with E-state index in [1.54, 1.807) is 0 Å². The van der Waals surface area contributed by atoms with Crippen molar-refractivity contribution in [3.63, 3.8) is 0 Å². The second-order valence-corrected chi connectivity index (χ2v) is 7.86. The van der Waals surface area contributed by atoms with E-state index >= 15 is 0 Å². The second-order valence-electron chi connectivity index (χ2n) is 7.86. The Labute approximate surface area is 167 Å². The van der Waals surface area contributed by atoms with Crippen molar-refractivity contribution >= 4 is 0 Å². The highest BCUT2D eigenvalue weighted by atomic mass is 17.1. The summed E-state index contributed by atoms with van der Waals surface area (Å²) in [5.74, 6) is 0. The van der Waals surface area contributed by atoms with E-state index in [2.05, 4.69) is 41.0 Å². The van der Waals surface area contributed by atoms with Crippen LogP contribution in [0.3, 0.4) is 0 Å². The van der Waals surface area contributed by atoms with Crippen LogP contribution in [0.1, 0.15) is 84.0 Å². The van der Waals surface area contributed by atoms with E-state index in [0.29, 0.717) is 0 Å². The molecule has 1 fully saturated rings. The number of nitrogens with zero attached hydrogens (tertiary/aromatic N) is 1. The van der Waals surface area contributed by atoms with Gasteiger partial charge in [-0.2, -0.15) is 0 Å². The monoisotopic (exact) mass is 381 g/mol. The zero-order chi connectivity index (χ0) is 19.6. The topological polar surface area (TPSA) is 41.9 Å². The number of unbranched alkanes of at least 4 members (excludes halogenated alkanes) is 9. The van der Waals surface area contributed by atoms with E-state index in [9.17, 15) is 0 Å². The van der Waals surface area contributed by atoms with Crippen LogP contribution < -0.4 is 0 Å². The van der Waals surface area contributed by atoms with Crippen molar-refractivity contribution in [1.82, 2.24) is 4.90 Å². The third-order valence-electron chi connectivity index (χ3n) is 5.21. The Hall–Kier alpha value is -0.680. The fraction of sp³-hybridized carbons (Fsp3) is 0.826. The smallest absolute Gasteiger partial charge is 0.133 e. The molecule has 0 aliphatic carbocycles. The van der Waals surface area contributed by atoms with Gasteiger partial charge in [-0.15, -0.1) is 0 Å². The Kier molecular flexibility index (Phi) is 15.7. The van der Waals surface area contributed by atoms with Crippen LogP contribution in [0.25, 0.3) is 0 Å². The van der Waals surface area contributed by atoms with Gasteiger partial charge in [0.2, 0.25) is 0 Å². The highest BCUT2D eigenvalue weighted by Crippen LogP contribution is 2.15. The van der Waals surface area contributed by atoms with Crippen LogP contribution in [-0.2, 0) is 9.62 Å².